The summed E-state index contributed by atoms with van der Waals surface area (Å²) < 4.78 is 0.856. The lowest BCUT2D eigenvalue weighted by Gasteiger charge is -1.99. The SMILES string of the molecule is O=C=NCc1ccc(Cl)cc1Br. The number of nitrogens with zero attached hydrogens (tertiary/aromatic N) is 1. The summed E-state index contributed by atoms with van der Waals surface area (Å²) in [5.41, 5.74) is 0.919. The standard InChI is InChI=1S/C8H5BrClNO/c9-8-3-7(10)2-1-6(8)4-11-5-12/h1-3H,4H2. The Balaban J connectivity index is 2.93. The number of halogens is 2. The van der Waals surface area contributed by atoms with Crippen molar-refractivity contribution in [3.8, 4) is 0 Å². The summed E-state index contributed by atoms with van der Waals surface area (Å²) in [5, 5.41) is 0.653. The maximum atomic E-state index is 9.82. The first kappa shape index (κ1) is 9.46. The van der Waals surface area contributed by atoms with Gasteiger partial charge in [-0.15, -0.1) is 0 Å². The van der Waals surface area contributed by atoms with Crippen molar-refractivity contribution in [1.29, 1.82) is 0 Å². The Morgan fingerprint density at radius 1 is 1.58 bits per heavy atom. The fraction of sp³-hybridized carbons (Fsp3) is 0.125. The molecule has 0 unspecified atom stereocenters. The van der Waals surface area contributed by atoms with Crippen molar-refractivity contribution in [2.24, 2.45) is 4.99 Å². The van der Waals surface area contributed by atoms with Crippen LogP contribution >= 0.6 is 27.5 Å². The molecule has 0 aliphatic heterocycles. The van der Waals surface area contributed by atoms with Gasteiger partial charge in [0.1, 0.15) is 0 Å². The molecule has 0 aliphatic carbocycles. The van der Waals surface area contributed by atoms with Crippen LogP contribution in [0.25, 0.3) is 0 Å². The summed E-state index contributed by atoms with van der Waals surface area (Å²) in [6, 6.07) is 5.33. The van der Waals surface area contributed by atoms with Gasteiger partial charge in [-0.25, -0.2) is 9.79 Å². The monoisotopic (exact) mass is 245 g/mol. The maximum Gasteiger partial charge on any atom is 0.235 e. The van der Waals surface area contributed by atoms with Crippen LogP contribution in [0.2, 0.25) is 5.02 Å². The third-order valence-corrected chi connectivity index (χ3v) is 2.30. The largest absolute Gasteiger partial charge is 0.235 e. The molecule has 1 aromatic carbocycles. The number of hydrogen-bond acceptors (Lipinski definition) is 2. The number of benzene rings is 1. The molecule has 1 rings (SSSR count). The first-order chi connectivity index (χ1) is 5.74. The summed E-state index contributed by atoms with van der Waals surface area (Å²) in [7, 11) is 0. The lowest BCUT2D eigenvalue weighted by Crippen LogP contribution is -1.82. The number of hydrogen-bond donors (Lipinski definition) is 0. The highest BCUT2D eigenvalue weighted by Gasteiger charge is 1.98. The molecule has 0 atom stereocenters. The molecule has 0 N–H and O–H groups in total. The Labute approximate surface area is 83.4 Å². The molecule has 12 heavy (non-hydrogen) atoms. The van der Waals surface area contributed by atoms with Crippen LogP contribution in [0.15, 0.2) is 27.7 Å². The quantitative estimate of drug-likeness (QED) is 0.583. The second-order valence-electron chi connectivity index (χ2n) is 2.14. The van der Waals surface area contributed by atoms with Crippen molar-refractivity contribution in [1.82, 2.24) is 0 Å². The van der Waals surface area contributed by atoms with Gasteiger partial charge in [0, 0.05) is 9.50 Å². The van der Waals surface area contributed by atoms with Crippen LogP contribution in [0.4, 0.5) is 0 Å². The van der Waals surface area contributed by atoms with Gasteiger partial charge in [0.15, 0.2) is 0 Å². The minimum absolute atomic E-state index is 0.335. The van der Waals surface area contributed by atoms with Crippen molar-refractivity contribution in [2.45, 2.75) is 6.54 Å². The topological polar surface area (TPSA) is 29.4 Å². The molecule has 2 nitrogen and oxygen atoms in total. The van der Waals surface area contributed by atoms with Gasteiger partial charge in [0.2, 0.25) is 6.08 Å². The Morgan fingerprint density at radius 2 is 2.33 bits per heavy atom. The molecule has 0 spiro atoms. The number of rotatable bonds is 2. The van der Waals surface area contributed by atoms with Crippen LogP contribution in [-0.4, -0.2) is 6.08 Å². The van der Waals surface area contributed by atoms with Crippen molar-refractivity contribution in [2.75, 3.05) is 0 Å². The molecule has 1 aromatic rings. The van der Waals surface area contributed by atoms with E-state index >= 15 is 0 Å². The molecule has 0 amide bonds. The lowest BCUT2D eigenvalue weighted by molar-refractivity contribution is 0.562. The Kier molecular flexibility index (Phi) is 3.48. The first-order valence-electron chi connectivity index (χ1n) is 3.21. The number of carbonyl (C=O) groups excluding carboxylic acids is 1. The highest BCUT2D eigenvalue weighted by Crippen LogP contribution is 2.21. The van der Waals surface area contributed by atoms with Crippen LogP contribution in [0.3, 0.4) is 0 Å². The van der Waals surface area contributed by atoms with E-state index in [1.807, 2.05) is 6.07 Å². The smallest absolute Gasteiger partial charge is 0.211 e. The minimum Gasteiger partial charge on any atom is -0.211 e. The average molecular weight is 246 g/mol. The molecule has 0 saturated carbocycles. The van der Waals surface area contributed by atoms with E-state index < -0.39 is 0 Å². The number of isocyanates is 1. The third kappa shape index (κ3) is 2.45. The van der Waals surface area contributed by atoms with Crippen molar-refractivity contribution < 1.29 is 4.79 Å². The number of aliphatic imine (C=N–C) groups is 1. The molecule has 0 fully saturated rings. The lowest BCUT2D eigenvalue weighted by atomic mass is 10.2. The van der Waals surface area contributed by atoms with Gasteiger partial charge in [-0.3, -0.25) is 0 Å². The van der Waals surface area contributed by atoms with E-state index in [2.05, 4.69) is 20.9 Å². The van der Waals surface area contributed by atoms with E-state index in [0.29, 0.717) is 11.6 Å². The zero-order chi connectivity index (χ0) is 8.97. The fourth-order valence-corrected chi connectivity index (χ4v) is 1.58. The van der Waals surface area contributed by atoms with Crippen LogP contribution in [-0.2, 0) is 11.3 Å². The molecule has 0 aromatic heterocycles. The first-order valence-corrected chi connectivity index (χ1v) is 4.38. The highest BCUT2D eigenvalue weighted by atomic mass is 79.9. The molecule has 0 heterocycles. The van der Waals surface area contributed by atoms with Crippen molar-refractivity contribution in [3.63, 3.8) is 0 Å². The fourth-order valence-electron chi connectivity index (χ4n) is 0.767. The average Bonchev–Trinajstić information content (AvgIpc) is 2.03. The van der Waals surface area contributed by atoms with Gasteiger partial charge in [-0.05, 0) is 17.7 Å². The van der Waals surface area contributed by atoms with Gasteiger partial charge >= 0.3 is 0 Å². The summed E-state index contributed by atoms with van der Waals surface area (Å²) in [4.78, 5) is 13.3. The third-order valence-electron chi connectivity index (χ3n) is 1.33. The summed E-state index contributed by atoms with van der Waals surface area (Å²) in [5.74, 6) is 0. The van der Waals surface area contributed by atoms with E-state index in [0.717, 1.165) is 10.0 Å². The van der Waals surface area contributed by atoms with Gasteiger partial charge in [-0.2, -0.15) is 0 Å². The molecule has 0 aliphatic rings. The second-order valence-corrected chi connectivity index (χ2v) is 3.43. The zero-order valence-electron chi connectivity index (χ0n) is 6.05. The van der Waals surface area contributed by atoms with E-state index in [9.17, 15) is 4.79 Å². The van der Waals surface area contributed by atoms with Gasteiger partial charge in [-0.1, -0.05) is 33.6 Å². The predicted octanol–water partition coefficient (Wildman–Crippen LogP) is 2.94. The molecule has 0 saturated heterocycles. The normalized spacial score (nSPS) is 9.17. The van der Waals surface area contributed by atoms with E-state index in [4.69, 9.17) is 11.6 Å². The Morgan fingerprint density at radius 3 is 2.92 bits per heavy atom. The molecule has 4 heteroatoms. The van der Waals surface area contributed by atoms with Crippen molar-refractivity contribution in [3.05, 3.63) is 33.3 Å². The van der Waals surface area contributed by atoms with Crippen LogP contribution in [0, 0.1) is 0 Å². The second kappa shape index (κ2) is 4.41. The molecule has 62 valence electrons. The molecule has 0 bridgehead atoms. The molecular formula is C8H5BrClNO. The zero-order valence-corrected chi connectivity index (χ0v) is 8.39. The highest BCUT2D eigenvalue weighted by molar-refractivity contribution is 9.10. The summed E-state index contributed by atoms with van der Waals surface area (Å²) in [6.45, 7) is 0.335. The van der Waals surface area contributed by atoms with Crippen LogP contribution < -0.4 is 0 Å². The molecular weight excluding hydrogens is 241 g/mol. The van der Waals surface area contributed by atoms with Gasteiger partial charge < -0.3 is 0 Å². The van der Waals surface area contributed by atoms with E-state index in [-0.39, 0.29) is 0 Å². The Hall–Kier alpha value is -0.630. The van der Waals surface area contributed by atoms with Gasteiger partial charge in [0.05, 0.1) is 6.54 Å². The molecule has 0 radical (unpaired) electrons. The minimum atomic E-state index is 0.335. The maximum absolute atomic E-state index is 9.82. The predicted molar refractivity (Wildman–Crippen MR) is 51.0 cm³/mol. The van der Waals surface area contributed by atoms with Gasteiger partial charge in [0.25, 0.3) is 0 Å². The van der Waals surface area contributed by atoms with E-state index in [1.54, 1.807) is 12.1 Å². The summed E-state index contributed by atoms with van der Waals surface area (Å²) in [6.07, 6.45) is 1.48. The van der Waals surface area contributed by atoms with Crippen LogP contribution in [0.5, 0.6) is 0 Å². The van der Waals surface area contributed by atoms with E-state index in [1.165, 1.54) is 6.08 Å². The van der Waals surface area contributed by atoms with Crippen LogP contribution in [0.1, 0.15) is 5.56 Å². The Bertz CT molecular complexity index is 334. The summed E-state index contributed by atoms with van der Waals surface area (Å²) >= 11 is 9.02. The van der Waals surface area contributed by atoms with Crippen molar-refractivity contribution >= 4 is 33.6 Å².